The van der Waals surface area contributed by atoms with E-state index in [9.17, 15) is 9.59 Å². The number of hydrogen-bond donors (Lipinski definition) is 2. The molecule has 2 amide bonds. The smallest absolute Gasteiger partial charge is 0.239 e. The van der Waals surface area contributed by atoms with Gasteiger partial charge in [-0.05, 0) is 44.4 Å². The van der Waals surface area contributed by atoms with Gasteiger partial charge in [0.05, 0.1) is 11.4 Å². The Morgan fingerprint density at radius 2 is 2.24 bits per heavy atom. The quantitative estimate of drug-likeness (QED) is 0.688. The summed E-state index contributed by atoms with van der Waals surface area (Å²) in [7, 11) is 0. The van der Waals surface area contributed by atoms with Crippen molar-refractivity contribution in [2.45, 2.75) is 39.8 Å². The standard InChI is InChI=1S/C16H23N5O2S2/c1-4-20(10-13(22)17-11(2)3)14(23)7-8-21-15(18-19-16(21)24)12-6-5-9-25-12/h5-6,9,11H,4,7-8,10H2,1-3H3,(H,17,22)(H,19,24). The Kier molecular flexibility index (Phi) is 6.89. The van der Waals surface area contributed by atoms with Crippen LogP contribution in [0, 0.1) is 4.77 Å². The van der Waals surface area contributed by atoms with E-state index < -0.39 is 0 Å². The molecule has 9 heteroatoms. The highest BCUT2D eigenvalue weighted by atomic mass is 32.1. The molecule has 0 aliphatic carbocycles. The van der Waals surface area contributed by atoms with Crippen LogP contribution in [-0.4, -0.2) is 50.6 Å². The Morgan fingerprint density at radius 3 is 2.84 bits per heavy atom. The van der Waals surface area contributed by atoms with E-state index >= 15 is 0 Å². The van der Waals surface area contributed by atoms with Gasteiger partial charge in [-0.25, -0.2) is 0 Å². The lowest BCUT2D eigenvalue weighted by atomic mass is 10.3. The molecule has 0 fully saturated rings. The van der Waals surface area contributed by atoms with Crippen molar-refractivity contribution >= 4 is 35.4 Å². The molecule has 0 radical (unpaired) electrons. The minimum absolute atomic E-state index is 0.0546. The number of hydrogen-bond acceptors (Lipinski definition) is 5. The van der Waals surface area contributed by atoms with Crippen LogP contribution in [0.2, 0.25) is 0 Å². The maximum Gasteiger partial charge on any atom is 0.239 e. The predicted molar refractivity (Wildman–Crippen MR) is 101 cm³/mol. The van der Waals surface area contributed by atoms with Crippen molar-refractivity contribution in [1.82, 2.24) is 25.0 Å². The summed E-state index contributed by atoms with van der Waals surface area (Å²) in [5.41, 5.74) is 0. The molecule has 136 valence electrons. The lowest BCUT2D eigenvalue weighted by Gasteiger charge is -2.21. The van der Waals surface area contributed by atoms with E-state index in [-0.39, 0.29) is 30.8 Å². The number of nitrogens with one attached hydrogen (secondary N) is 2. The first-order valence-electron chi connectivity index (χ1n) is 8.18. The van der Waals surface area contributed by atoms with Crippen LogP contribution < -0.4 is 5.32 Å². The van der Waals surface area contributed by atoms with Crippen LogP contribution in [0.4, 0.5) is 0 Å². The van der Waals surface area contributed by atoms with Crippen LogP contribution in [0.3, 0.4) is 0 Å². The maximum atomic E-state index is 12.5. The number of aromatic nitrogens is 3. The minimum atomic E-state index is -0.149. The van der Waals surface area contributed by atoms with E-state index in [1.807, 2.05) is 42.9 Å². The molecule has 0 bridgehead atoms. The zero-order valence-electron chi connectivity index (χ0n) is 14.6. The van der Waals surface area contributed by atoms with E-state index in [0.29, 0.717) is 17.9 Å². The third kappa shape index (κ3) is 5.23. The summed E-state index contributed by atoms with van der Waals surface area (Å²) >= 11 is 6.84. The molecule has 0 unspecified atom stereocenters. The number of nitrogens with zero attached hydrogens (tertiary/aromatic N) is 3. The highest BCUT2D eigenvalue weighted by Crippen LogP contribution is 2.22. The van der Waals surface area contributed by atoms with Gasteiger partial charge in [0.15, 0.2) is 10.6 Å². The molecule has 0 spiro atoms. The van der Waals surface area contributed by atoms with E-state index in [1.54, 1.807) is 16.2 Å². The van der Waals surface area contributed by atoms with Gasteiger partial charge in [-0.2, -0.15) is 5.10 Å². The van der Waals surface area contributed by atoms with E-state index in [0.717, 1.165) is 10.7 Å². The minimum Gasteiger partial charge on any atom is -0.352 e. The van der Waals surface area contributed by atoms with Gasteiger partial charge in [0.2, 0.25) is 11.8 Å². The lowest BCUT2D eigenvalue weighted by molar-refractivity contribution is -0.136. The van der Waals surface area contributed by atoms with Crippen LogP contribution >= 0.6 is 23.6 Å². The molecule has 25 heavy (non-hydrogen) atoms. The molecule has 2 heterocycles. The molecular weight excluding hydrogens is 358 g/mol. The Hall–Kier alpha value is -2.00. The summed E-state index contributed by atoms with van der Waals surface area (Å²) in [4.78, 5) is 26.9. The van der Waals surface area contributed by atoms with Gasteiger partial charge < -0.3 is 10.2 Å². The molecule has 0 aliphatic rings. The first-order chi connectivity index (χ1) is 11.9. The number of carbonyl (C=O) groups excluding carboxylic acids is 2. The Morgan fingerprint density at radius 1 is 1.48 bits per heavy atom. The van der Waals surface area contributed by atoms with Crippen molar-refractivity contribution < 1.29 is 9.59 Å². The number of likely N-dealkylation sites (N-methyl/N-ethyl adjacent to an activating group) is 1. The average Bonchev–Trinajstić information content (AvgIpc) is 3.19. The second-order valence-electron chi connectivity index (χ2n) is 5.86. The highest BCUT2D eigenvalue weighted by molar-refractivity contribution is 7.71. The fourth-order valence-electron chi connectivity index (χ4n) is 2.40. The van der Waals surface area contributed by atoms with Crippen molar-refractivity contribution in [2.24, 2.45) is 0 Å². The lowest BCUT2D eigenvalue weighted by Crippen LogP contribution is -2.42. The largest absolute Gasteiger partial charge is 0.352 e. The van der Waals surface area contributed by atoms with Gasteiger partial charge in [0.1, 0.15) is 0 Å². The highest BCUT2D eigenvalue weighted by Gasteiger charge is 2.17. The number of carbonyl (C=O) groups is 2. The second-order valence-corrected chi connectivity index (χ2v) is 7.20. The van der Waals surface area contributed by atoms with Crippen LogP contribution in [0.15, 0.2) is 17.5 Å². The van der Waals surface area contributed by atoms with Crippen LogP contribution in [0.25, 0.3) is 10.7 Å². The Labute approximate surface area is 156 Å². The zero-order valence-corrected chi connectivity index (χ0v) is 16.2. The third-order valence-corrected chi connectivity index (χ3v) is 4.75. The molecule has 0 aliphatic heterocycles. The number of rotatable bonds is 8. The van der Waals surface area contributed by atoms with Crippen LogP contribution in [0.5, 0.6) is 0 Å². The monoisotopic (exact) mass is 381 g/mol. The summed E-state index contributed by atoms with van der Waals surface area (Å²) < 4.78 is 2.30. The summed E-state index contributed by atoms with van der Waals surface area (Å²) in [6, 6.07) is 3.96. The van der Waals surface area contributed by atoms with E-state index in [2.05, 4.69) is 15.5 Å². The molecule has 2 N–H and O–H groups in total. The topological polar surface area (TPSA) is 83.0 Å². The molecule has 0 saturated heterocycles. The molecule has 2 rings (SSSR count). The maximum absolute atomic E-state index is 12.5. The number of H-pyrrole nitrogens is 1. The van der Waals surface area contributed by atoms with Crippen LogP contribution in [-0.2, 0) is 16.1 Å². The van der Waals surface area contributed by atoms with Gasteiger partial charge in [-0.15, -0.1) is 11.3 Å². The van der Waals surface area contributed by atoms with E-state index in [4.69, 9.17) is 12.2 Å². The molecular formula is C16H23N5O2S2. The molecule has 0 atom stereocenters. The van der Waals surface area contributed by atoms with Crippen LogP contribution in [0.1, 0.15) is 27.2 Å². The van der Waals surface area contributed by atoms with Crippen molar-refractivity contribution in [1.29, 1.82) is 0 Å². The van der Waals surface area contributed by atoms with Gasteiger partial charge in [-0.3, -0.25) is 19.3 Å². The summed E-state index contributed by atoms with van der Waals surface area (Å²) in [5, 5.41) is 11.8. The van der Waals surface area contributed by atoms with Crippen molar-refractivity contribution in [3.8, 4) is 10.7 Å². The zero-order chi connectivity index (χ0) is 18.4. The Balaban J connectivity index is 2.01. The van der Waals surface area contributed by atoms with Gasteiger partial charge in [-0.1, -0.05) is 6.07 Å². The van der Waals surface area contributed by atoms with Crippen molar-refractivity contribution in [3.63, 3.8) is 0 Å². The van der Waals surface area contributed by atoms with Gasteiger partial charge >= 0.3 is 0 Å². The fraction of sp³-hybridized carbons (Fsp3) is 0.500. The normalized spacial score (nSPS) is 10.9. The number of amides is 2. The molecule has 0 saturated carbocycles. The Bertz CT molecular complexity index is 764. The number of thiophene rings is 1. The third-order valence-electron chi connectivity index (χ3n) is 3.57. The van der Waals surface area contributed by atoms with Crippen molar-refractivity contribution in [2.75, 3.05) is 13.1 Å². The van der Waals surface area contributed by atoms with Gasteiger partial charge in [0.25, 0.3) is 0 Å². The average molecular weight is 382 g/mol. The number of aromatic amines is 1. The first-order valence-corrected chi connectivity index (χ1v) is 9.47. The van der Waals surface area contributed by atoms with Crippen molar-refractivity contribution in [3.05, 3.63) is 22.3 Å². The summed E-state index contributed by atoms with van der Waals surface area (Å²) in [6.45, 7) is 6.62. The second kappa shape index (κ2) is 8.91. The first kappa shape index (κ1) is 19.3. The van der Waals surface area contributed by atoms with Gasteiger partial charge in [0, 0.05) is 25.6 Å². The molecule has 7 nitrogen and oxygen atoms in total. The summed E-state index contributed by atoms with van der Waals surface area (Å²) in [5.74, 6) is 0.499. The predicted octanol–water partition coefficient (Wildman–Crippen LogP) is 2.43. The fourth-order valence-corrected chi connectivity index (χ4v) is 3.35. The molecule has 2 aromatic rings. The molecule has 2 aromatic heterocycles. The molecule has 0 aromatic carbocycles. The van der Waals surface area contributed by atoms with E-state index in [1.165, 1.54) is 0 Å². The summed E-state index contributed by atoms with van der Waals surface area (Å²) in [6.07, 6.45) is 0.259. The SMILES string of the molecule is CCN(CC(=O)NC(C)C)C(=O)CCn1c(-c2cccs2)n[nH]c1=S.